The minimum atomic E-state index is -0.0200. The van der Waals surface area contributed by atoms with Gasteiger partial charge in [0.05, 0.1) is 33.4 Å². The number of fused-ring (bicyclic) bond motifs is 1. The van der Waals surface area contributed by atoms with Crippen LogP contribution in [0.1, 0.15) is 62.0 Å². The summed E-state index contributed by atoms with van der Waals surface area (Å²) in [5.74, 6) is 0.191. The zero-order chi connectivity index (χ0) is 21.0. The molecule has 2 saturated heterocycles. The van der Waals surface area contributed by atoms with E-state index >= 15 is 0 Å². The van der Waals surface area contributed by atoms with Crippen molar-refractivity contribution >= 4 is 23.2 Å². The first kappa shape index (κ1) is 19.7. The van der Waals surface area contributed by atoms with Crippen LogP contribution in [0.3, 0.4) is 0 Å². The summed E-state index contributed by atoms with van der Waals surface area (Å²) >= 11 is 1.56. The van der Waals surface area contributed by atoms with E-state index in [1.165, 1.54) is 0 Å². The Morgan fingerprint density at radius 3 is 2.57 bits per heavy atom. The Balaban J connectivity index is 1.46. The summed E-state index contributed by atoms with van der Waals surface area (Å²) in [7, 11) is 0. The highest BCUT2D eigenvalue weighted by Crippen LogP contribution is 2.53. The zero-order valence-electron chi connectivity index (χ0n) is 17.8. The standard InChI is InChI=1S/C23H28N4O2S/c1-14-21(30-13-25-14)18-9-8-16(11-24-18)22(29)26-12-17-10-23(3)19(26)6-4-5-7-20(23)27(17)15(2)28/h8-9,11,13,17,19-20H,4-7,10,12H2,1-3H3/t17-,19+,20-,23+/m0/s1. The van der Waals surface area contributed by atoms with Gasteiger partial charge in [-0.05, 0) is 38.3 Å². The van der Waals surface area contributed by atoms with Crippen LogP contribution in [0, 0.1) is 12.3 Å². The van der Waals surface area contributed by atoms with E-state index in [1.807, 2.05) is 24.6 Å². The number of nitrogens with zero attached hydrogens (tertiary/aromatic N) is 4. The Morgan fingerprint density at radius 2 is 1.93 bits per heavy atom. The van der Waals surface area contributed by atoms with Gasteiger partial charge in [-0.15, -0.1) is 11.3 Å². The zero-order valence-corrected chi connectivity index (χ0v) is 18.6. The quantitative estimate of drug-likeness (QED) is 0.733. The van der Waals surface area contributed by atoms with Crippen LogP contribution in [0.4, 0.5) is 0 Å². The number of pyridine rings is 1. The maximum Gasteiger partial charge on any atom is 0.255 e. The third-order valence-electron chi connectivity index (χ3n) is 7.53. The number of piperidine rings is 1. The molecule has 6 nitrogen and oxygen atoms in total. The van der Waals surface area contributed by atoms with Gasteiger partial charge in [0.2, 0.25) is 5.91 Å². The van der Waals surface area contributed by atoms with E-state index in [2.05, 4.69) is 26.7 Å². The molecule has 7 heteroatoms. The van der Waals surface area contributed by atoms with Crippen LogP contribution in [0.15, 0.2) is 23.8 Å². The molecule has 5 rings (SSSR count). The summed E-state index contributed by atoms with van der Waals surface area (Å²) < 4.78 is 0. The third-order valence-corrected chi connectivity index (χ3v) is 8.48. The van der Waals surface area contributed by atoms with Gasteiger partial charge < -0.3 is 9.80 Å². The van der Waals surface area contributed by atoms with Crippen molar-refractivity contribution in [3.63, 3.8) is 0 Å². The van der Waals surface area contributed by atoms with Crippen molar-refractivity contribution in [2.75, 3.05) is 6.54 Å². The second-order valence-electron chi connectivity index (χ2n) is 9.26. The van der Waals surface area contributed by atoms with Gasteiger partial charge in [-0.25, -0.2) is 4.98 Å². The fraction of sp³-hybridized carbons (Fsp3) is 0.565. The van der Waals surface area contributed by atoms with Crippen LogP contribution < -0.4 is 0 Å². The highest BCUT2D eigenvalue weighted by molar-refractivity contribution is 7.13. The molecule has 1 saturated carbocycles. The fourth-order valence-corrected chi connectivity index (χ4v) is 7.02. The molecule has 2 bridgehead atoms. The molecule has 0 radical (unpaired) electrons. The predicted octanol–water partition coefficient (Wildman–Crippen LogP) is 3.91. The lowest BCUT2D eigenvalue weighted by molar-refractivity contribution is -0.132. The Kier molecular flexibility index (Phi) is 4.69. The van der Waals surface area contributed by atoms with Gasteiger partial charge in [0.25, 0.3) is 5.91 Å². The minimum absolute atomic E-state index is 0.0200. The van der Waals surface area contributed by atoms with E-state index in [0.29, 0.717) is 12.1 Å². The molecular formula is C23H28N4O2S. The number of amides is 2. The van der Waals surface area contributed by atoms with Gasteiger partial charge in [0, 0.05) is 37.2 Å². The molecule has 1 aliphatic carbocycles. The Labute approximate surface area is 181 Å². The van der Waals surface area contributed by atoms with Gasteiger partial charge in [-0.3, -0.25) is 14.6 Å². The van der Waals surface area contributed by atoms with Crippen molar-refractivity contribution in [2.24, 2.45) is 5.41 Å². The first-order valence-electron chi connectivity index (χ1n) is 10.9. The second kappa shape index (κ2) is 7.15. The molecular weight excluding hydrogens is 396 g/mol. The maximum absolute atomic E-state index is 13.6. The summed E-state index contributed by atoms with van der Waals surface area (Å²) in [6.45, 7) is 6.59. The summed E-state index contributed by atoms with van der Waals surface area (Å²) in [5, 5.41) is 0. The molecule has 4 atom stereocenters. The number of carbonyl (C=O) groups excluding carboxylic acids is 2. The normalized spacial score (nSPS) is 30.3. The van der Waals surface area contributed by atoms with Crippen LogP contribution >= 0.6 is 11.3 Å². The van der Waals surface area contributed by atoms with Crippen LogP contribution in [-0.2, 0) is 4.79 Å². The molecule has 3 fully saturated rings. The molecule has 2 amide bonds. The number of hydrogen-bond donors (Lipinski definition) is 0. The summed E-state index contributed by atoms with van der Waals surface area (Å²) in [6, 6.07) is 4.37. The van der Waals surface area contributed by atoms with Crippen LogP contribution in [0.5, 0.6) is 0 Å². The van der Waals surface area contributed by atoms with E-state index in [-0.39, 0.29) is 35.4 Å². The average Bonchev–Trinajstić information content (AvgIpc) is 3.20. The third kappa shape index (κ3) is 2.89. The van der Waals surface area contributed by atoms with E-state index in [1.54, 1.807) is 24.5 Å². The van der Waals surface area contributed by atoms with Crippen molar-refractivity contribution < 1.29 is 9.59 Å². The predicted molar refractivity (Wildman–Crippen MR) is 116 cm³/mol. The van der Waals surface area contributed by atoms with Gasteiger partial charge in [0.1, 0.15) is 0 Å². The van der Waals surface area contributed by atoms with E-state index in [4.69, 9.17) is 0 Å². The molecule has 0 aromatic carbocycles. The van der Waals surface area contributed by atoms with Crippen LogP contribution in [-0.4, -0.2) is 56.3 Å². The Bertz CT molecular complexity index is 987. The summed E-state index contributed by atoms with van der Waals surface area (Å²) in [4.78, 5) is 40.1. The molecule has 2 aromatic rings. The van der Waals surface area contributed by atoms with Crippen molar-refractivity contribution in [1.82, 2.24) is 19.8 Å². The molecule has 0 N–H and O–H groups in total. The summed E-state index contributed by atoms with van der Waals surface area (Å²) in [5.41, 5.74) is 4.24. The van der Waals surface area contributed by atoms with Crippen molar-refractivity contribution in [1.29, 1.82) is 0 Å². The molecule has 2 aromatic heterocycles. The average molecular weight is 425 g/mol. The topological polar surface area (TPSA) is 66.4 Å². The SMILES string of the molecule is CC(=O)N1[C@@H]2CN(C(=O)c3ccc(-c4scnc4C)nc3)[C@@H]3CCCC[C@H]1[C@]3(C)C2. The van der Waals surface area contributed by atoms with Crippen LogP contribution in [0.2, 0.25) is 0 Å². The molecule has 158 valence electrons. The lowest BCUT2D eigenvalue weighted by atomic mass is 9.71. The molecule has 2 aliphatic heterocycles. The van der Waals surface area contributed by atoms with Gasteiger partial charge >= 0.3 is 0 Å². The summed E-state index contributed by atoms with van der Waals surface area (Å²) in [6.07, 6.45) is 7.01. The van der Waals surface area contributed by atoms with Gasteiger partial charge in [-0.1, -0.05) is 19.8 Å². The van der Waals surface area contributed by atoms with Crippen molar-refractivity contribution in [3.05, 3.63) is 35.1 Å². The number of hydrogen-bond acceptors (Lipinski definition) is 5. The lowest BCUT2D eigenvalue weighted by Gasteiger charge is -2.46. The fourth-order valence-electron chi connectivity index (χ4n) is 6.23. The van der Waals surface area contributed by atoms with Crippen LogP contribution in [0.25, 0.3) is 10.6 Å². The molecule has 0 spiro atoms. The second-order valence-corrected chi connectivity index (χ2v) is 10.1. The first-order chi connectivity index (χ1) is 14.4. The van der Waals surface area contributed by atoms with E-state index in [0.717, 1.165) is 48.4 Å². The highest BCUT2D eigenvalue weighted by Gasteiger charge is 2.60. The number of rotatable bonds is 2. The number of carbonyl (C=O) groups is 2. The number of aryl methyl sites for hydroxylation is 1. The molecule has 4 heterocycles. The molecule has 0 unspecified atom stereocenters. The number of aromatic nitrogens is 2. The van der Waals surface area contributed by atoms with Gasteiger partial charge in [-0.2, -0.15) is 0 Å². The first-order valence-corrected chi connectivity index (χ1v) is 11.7. The number of likely N-dealkylation sites (tertiary alicyclic amines) is 2. The lowest BCUT2D eigenvalue weighted by Crippen LogP contribution is -2.55. The van der Waals surface area contributed by atoms with Gasteiger partial charge in [0.15, 0.2) is 0 Å². The molecule has 3 aliphatic rings. The Morgan fingerprint density at radius 1 is 1.17 bits per heavy atom. The van der Waals surface area contributed by atoms with E-state index in [9.17, 15) is 9.59 Å². The number of thiazole rings is 1. The maximum atomic E-state index is 13.6. The minimum Gasteiger partial charge on any atom is -0.335 e. The largest absolute Gasteiger partial charge is 0.335 e. The monoisotopic (exact) mass is 424 g/mol. The Hall–Kier alpha value is -2.28. The van der Waals surface area contributed by atoms with E-state index < -0.39 is 0 Å². The molecule has 30 heavy (non-hydrogen) atoms. The highest BCUT2D eigenvalue weighted by atomic mass is 32.1. The van der Waals surface area contributed by atoms with Crippen molar-refractivity contribution in [3.8, 4) is 10.6 Å². The smallest absolute Gasteiger partial charge is 0.255 e. The van der Waals surface area contributed by atoms with Crippen molar-refractivity contribution in [2.45, 2.75) is 71.0 Å².